The lowest BCUT2D eigenvalue weighted by Gasteiger charge is -2.17. The highest BCUT2D eigenvalue weighted by Crippen LogP contribution is 2.31. The number of ether oxygens (including phenoxy) is 2. The summed E-state index contributed by atoms with van der Waals surface area (Å²) < 4.78 is 12.8. The van der Waals surface area contributed by atoms with E-state index in [1.54, 1.807) is 36.0 Å². The van der Waals surface area contributed by atoms with Crippen molar-refractivity contribution in [2.24, 2.45) is 10.9 Å². The van der Waals surface area contributed by atoms with Gasteiger partial charge in [0.2, 0.25) is 17.7 Å². The zero-order valence-electron chi connectivity index (χ0n) is 18.9. The number of carbonyl (C=O) groups excluding carboxylic acids is 2. The van der Waals surface area contributed by atoms with Crippen molar-refractivity contribution in [1.29, 1.82) is 0 Å². The van der Waals surface area contributed by atoms with Crippen molar-refractivity contribution in [3.8, 4) is 11.6 Å². The molecule has 1 aliphatic heterocycles. The van der Waals surface area contributed by atoms with Crippen molar-refractivity contribution in [1.82, 2.24) is 14.6 Å². The molecule has 2 aliphatic rings. The molecular formula is C23H24N6O4S. The van der Waals surface area contributed by atoms with Gasteiger partial charge >= 0.3 is 0 Å². The summed E-state index contributed by atoms with van der Waals surface area (Å²) in [5.41, 5.74) is 2.12. The maximum Gasteiger partial charge on any atom is 0.242 e. The number of anilines is 2. The van der Waals surface area contributed by atoms with Gasteiger partial charge in [-0.3, -0.25) is 14.6 Å². The smallest absolute Gasteiger partial charge is 0.242 e. The zero-order chi connectivity index (χ0) is 23.8. The number of thioether (sulfide) groups is 1. The van der Waals surface area contributed by atoms with Crippen molar-refractivity contribution in [3.63, 3.8) is 0 Å². The molecule has 3 heterocycles. The number of amides is 2. The Morgan fingerprint density at radius 3 is 2.71 bits per heavy atom. The molecule has 2 atom stereocenters. The van der Waals surface area contributed by atoms with Crippen molar-refractivity contribution >= 4 is 45.8 Å². The van der Waals surface area contributed by atoms with Crippen molar-refractivity contribution < 1.29 is 19.1 Å². The number of hydrogen-bond donors (Lipinski definition) is 2. The minimum Gasteiger partial charge on any atom is -0.438 e. The van der Waals surface area contributed by atoms with Gasteiger partial charge in [0.05, 0.1) is 11.2 Å². The van der Waals surface area contributed by atoms with E-state index in [0.717, 1.165) is 23.4 Å². The van der Waals surface area contributed by atoms with Crippen LogP contribution < -0.4 is 15.4 Å². The minimum absolute atomic E-state index is 0.0105. The van der Waals surface area contributed by atoms with Crippen LogP contribution in [-0.4, -0.2) is 50.0 Å². The maximum atomic E-state index is 12.8. The molecule has 2 unspecified atom stereocenters. The van der Waals surface area contributed by atoms with Crippen molar-refractivity contribution in [3.05, 3.63) is 42.1 Å². The van der Waals surface area contributed by atoms with Gasteiger partial charge in [0.1, 0.15) is 11.0 Å². The van der Waals surface area contributed by atoms with E-state index in [0.29, 0.717) is 28.8 Å². The molecule has 0 spiro atoms. The van der Waals surface area contributed by atoms with Gasteiger partial charge in [0, 0.05) is 30.8 Å². The molecule has 2 amide bonds. The number of aryl methyl sites for hydroxylation is 1. The number of rotatable bonds is 7. The maximum absolute atomic E-state index is 12.8. The van der Waals surface area contributed by atoms with E-state index in [1.807, 2.05) is 26.0 Å². The molecule has 11 heteroatoms. The number of benzene rings is 1. The highest BCUT2D eigenvalue weighted by atomic mass is 32.2. The fraction of sp³-hybridized carbons (Fsp3) is 0.348. The SMILES string of the molecule is COC1N=C(C)SC1C(=O)Nc1cc(Oc2ccc3nc(NC(=O)C4CC4)cn3n2)ccc1C. The molecule has 0 bridgehead atoms. The molecule has 5 rings (SSSR count). The lowest BCUT2D eigenvalue weighted by molar-refractivity contribution is -0.118. The largest absolute Gasteiger partial charge is 0.438 e. The number of aromatic nitrogens is 3. The van der Waals surface area contributed by atoms with Crippen LogP contribution in [0.25, 0.3) is 5.65 Å². The molecule has 1 aliphatic carbocycles. The average molecular weight is 481 g/mol. The Hall–Kier alpha value is -3.44. The molecule has 176 valence electrons. The van der Waals surface area contributed by atoms with Crippen LogP contribution in [0.3, 0.4) is 0 Å². The summed E-state index contributed by atoms with van der Waals surface area (Å²) in [4.78, 5) is 33.5. The molecule has 1 aromatic carbocycles. The summed E-state index contributed by atoms with van der Waals surface area (Å²) in [6.45, 7) is 3.77. The van der Waals surface area contributed by atoms with Crippen LogP contribution in [0, 0.1) is 12.8 Å². The molecule has 0 radical (unpaired) electrons. The summed E-state index contributed by atoms with van der Waals surface area (Å²) in [6, 6.07) is 8.89. The van der Waals surface area contributed by atoms with Crippen LogP contribution in [-0.2, 0) is 14.3 Å². The summed E-state index contributed by atoms with van der Waals surface area (Å²) >= 11 is 1.39. The first-order chi connectivity index (χ1) is 16.4. The summed E-state index contributed by atoms with van der Waals surface area (Å²) in [5.74, 6) is 1.23. The minimum atomic E-state index is -0.505. The van der Waals surface area contributed by atoms with Gasteiger partial charge in [-0.15, -0.1) is 5.10 Å². The second-order valence-electron chi connectivity index (χ2n) is 8.24. The summed E-state index contributed by atoms with van der Waals surface area (Å²) in [7, 11) is 1.54. The third-order valence-corrected chi connectivity index (χ3v) is 6.70. The third kappa shape index (κ3) is 4.75. The van der Waals surface area contributed by atoms with E-state index < -0.39 is 11.5 Å². The van der Waals surface area contributed by atoms with Gasteiger partial charge in [-0.2, -0.15) is 0 Å². The lowest BCUT2D eigenvalue weighted by Crippen LogP contribution is -2.33. The number of hydrogen-bond acceptors (Lipinski definition) is 8. The zero-order valence-corrected chi connectivity index (χ0v) is 19.8. The molecule has 34 heavy (non-hydrogen) atoms. The number of fused-ring (bicyclic) bond motifs is 1. The molecule has 1 fully saturated rings. The number of imidazole rings is 1. The van der Waals surface area contributed by atoms with E-state index >= 15 is 0 Å². The molecular weight excluding hydrogens is 456 g/mol. The Balaban J connectivity index is 1.29. The predicted octanol–water partition coefficient (Wildman–Crippen LogP) is 3.62. The summed E-state index contributed by atoms with van der Waals surface area (Å²) in [5, 5.41) is 10.6. The number of methoxy groups -OCH3 is 1. The second kappa shape index (κ2) is 9.07. The Morgan fingerprint density at radius 1 is 1.12 bits per heavy atom. The Morgan fingerprint density at radius 2 is 1.94 bits per heavy atom. The monoisotopic (exact) mass is 480 g/mol. The Bertz CT molecular complexity index is 1300. The first kappa shape index (κ1) is 22.4. The molecule has 3 aromatic rings. The third-order valence-electron chi connectivity index (χ3n) is 5.55. The molecule has 0 saturated heterocycles. The van der Waals surface area contributed by atoms with Gasteiger partial charge in [-0.05, 0) is 44.4 Å². The fourth-order valence-corrected chi connectivity index (χ4v) is 4.54. The molecule has 2 aromatic heterocycles. The second-order valence-corrected chi connectivity index (χ2v) is 9.58. The highest BCUT2D eigenvalue weighted by molar-refractivity contribution is 8.15. The molecule has 2 N–H and O–H groups in total. The van der Waals surface area contributed by atoms with Crippen molar-refractivity contribution in [2.75, 3.05) is 17.7 Å². The van der Waals surface area contributed by atoms with Crippen molar-refractivity contribution in [2.45, 2.75) is 38.2 Å². The van der Waals surface area contributed by atoms with Crippen LogP contribution in [0.4, 0.5) is 11.5 Å². The van der Waals surface area contributed by atoms with Crippen LogP contribution >= 0.6 is 11.8 Å². The van der Waals surface area contributed by atoms with Crippen LogP contribution in [0.1, 0.15) is 25.3 Å². The van der Waals surface area contributed by atoms with Gasteiger partial charge in [0.15, 0.2) is 17.7 Å². The van der Waals surface area contributed by atoms with Crippen LogP contribution in [0.2, 0.25) is 0 Å². The Kier molecular flexibility index (Phi) is 5.96. The van der Waals surface area contributed by atoms with E-state index in [-0.39, 0.29) is 17.7 Å². The normalized spacial score (nSPS) is 19.7. The lowest BCUT2D eigenvalue weighted by atomic mass is 10.2. The Labute approximate surface area is 200 Å². The quantitative estimate of drug-likeness (QED) is 0.530. The predicted molar refractivity (Wildman–Crippen MR) is 130 cm³/mol. The molecule has 1 saturated carbocycles. The number of nitrogens with zero attached hydrogens (tertiary/aromatic N) is 4. The average Bonchev–Trinajstić information content (AvgIpc) is 3.48. The van der Waals surface area contributed by atoms with E-state index in [1.165, 1.54) is 11.8 Å². The number of nitrogens with one attached hydrogen (secondary N) is 2. The van der Waals surface area contributed by atoms with E-state index in [9.17, 15) is 9.59 Å². The van der Waals surface area contributed by atoms with E-state index in [4.69, 9.17) is 9.47 Å². The van der Waals surface area contributed by atoms with Gasteiger partial charge in [0.25, 0.3) is 0 Å². The van der Waals surface area contributed by atoms with Gasteiger partial charge < -0.3 is 20.1 Å². The topological polar surface area (TPSA) is 119 Å². The highest BCUT2D eigenvalue weighted by Gasteiger charge is 2.34. The summed E-state index contributed by atoms with van der Waals surface area (Å²) in [6.07, 6.45) is 3.00. The van der Waals surface area contributed by atoms with E-state index in [2.05, 4.69) is 25.7 Å². The standard InChI is InChI=1S/C23H24N6O4S/c1-12-4-7-15(10-16(12)25-22(31)20-23(32-3)24-13(2)34-20)33-19-9-8-18-26-17(11-29(18)28-19)27-21(30)14-5-6-14/h4,7-11,14,20,23H,5-6H2,1-3H3,(H,25,31)(H,27,30). The fourth-order valence-electron chi connectivity index (χ4n) is 3.56. The first-order valence-corrected chi connectivity index (χ1v) is 11.8. The van der Waals surface area contributed by atoms with Gasteiger partial charge in [-0.1, -0.05) is 17.8 Å². The van der Waals surface area contributed by atoms with Crippen LogP contribution in [0.15, 0.2) is 41.5 Å². The van der Waals surface area contributed by atoms with Crippen LogP contribution in [0.5, 0.6) is 11.6 Å². The van der Waals surface area contributed by atoms with Gasteiger partial charge in [-0.25, -0.2) is 9.50 Å². The molecule has 10 nitrogen and oxygen atoms in total. The number of carbonyl (C=O) groups is 2. The number of aliphatic imine (C=N–C) groups is 1. The first-order valence-electron chi connectivity index (χ1n) is 10.9.